The zero-order valence-corrected chi connectivity index (χ0v) is 13.8. The van der Waals surface area contributed by atoms with Gasteiger partial charge in [-0.1, -0.05) is 36.4 Å². The van der Waals surface area contributed by atoms with E-state index in [1.807, 2.05) is 55.5 Å². The number of hydrogen-bond acceptors (Lipinski definition) is 4. The van der Waals surface area contributed by atoms with Crippen LogP contribution in [0.25, 0.3) is 10.8 Å². The minimum Gasteiger partial charge on any atom is -0.507 e. The van der Waals surface area contributed by atoms with E-state index in [2.05, 4.69) is 10.5 Å². The number of benzene rings is 3. The van der Waals surface area contributed by atoms with E-state index in [0.29, 0.717) is 11.3 Å². The third-order valence-corrected chi connectivity index (χ3v) is 3.67. The van der Waals surface area contributed by atoms with Gasteiger partial charge in [0.1, 0.15) is 11.5 Å². The fourth-order valence-corrected chi connectivity index (χ4v) is 2.38. The summed E-state index contributed by atoms with van der Waals surface area (Å²) in [7, 11) is 0. The fourth-order valence-electron chi connectivity index (χ4n) is 2.38. The fraction of sp³-hybridized carbons (Fsp3) is 0.100. The van der Waals surface area contributed by atoms with E-state index in [1.54, 1.807) is 12.1 Å². The number of carbonyl (C=O) groups excluding carboxylic acids is 1. The average Bonchev–Trinajstić information content (AvgIpc) is 2.61. The number of carbonyl (C=O) groups is 1. The van der Waals surface area contributed by atoms with E-state index in [1.165, 1.54) is 6.21 Å². The first-order valence-corrected chi connectivity index (χ1v) is 7.85. The van der Waals surface area contributed by atoms with Gasteiger partial charge in [-0.2, -0.15) is 5.10 Å². The number of ether oxygens (including phenoxy) is 1. The van der Waals surface area contributed by atoms with Crippen LogP contribution >= 0.6 is 0 Å². The first-order valence-electron chi connectivity index (χ1n) is 7.85. The van der Waals surface area contributed by atoms with Crippen LogP contribution in [0.1, 0.15) is 11.1 Å². The molecule has 0 heterocycles. The second-order valence-corrected chi connectivity index (χ2v) is 5.65. The summed E-state index contributed by atoms with van der Waals surface area (Å²) in [6.45, 7) is 1.74. The predicted octanol–water partition coefficient (Wildman–Crippen LogP) is 3.38. The Morgan fingerprint density at radius 1 is 1.12 bits per heavy atom. The number of fused-ring (bicyclic) bond motifs is 1. The van der Waals surface area contributed by atoms with Gasteiger partial charge in [0.25, 0.3) is 5.91 Å². The second kappa shape index (κ2) is 7.49. The number of aryl methyl sites for hydroxylation is 1. The standard InChI is InChI=1S/C20H18N2O3/c1-14-6-7-17(19(23)10-14)12-21-22-20(24)13-25-18-9-8-15-4-2-3-5-16(15)11-18/h2-12,23H,13H2,1H3,(H,22,24). The summed E-state index contributed by atoms with van der Waals surface area (Å²) < 4.78 is 5.48. The summed E-state index contributed by atoms with van der Waals surface area (Å²) in [5, 5.41) is 15.8. The van der Waals surface area contributed by atoms with Crippen LogP contribution in [-0.4, -0.2) is 23.8 Å². The van der Waals surface area contributed by atoms with Gasteiger partial charge in [-0.15, -0.1) is 0 Å². The van der Waals surface area contributed by atoms with Gasteiger partial charge in [0.2, 0.25) is 0 Å². The maximum Gasteiger partial charge on any atom is 0.277 e. The van der Waals surface area contributed by atoms with Crippen molar-refractivity contribution in [2.24, 2.45) is 5.10 Å². The van der Waals surface area contributed by atoms with Gasteiger partial charge in [0.15, 0.2) is 6.61 Å². The van der Waals surface area contributed by atoms with Crippen molar-refractivity contribution in [1.82, 2.24) is 5.43 Å². The number of rotatable bonds is 5. The third-order valence-electron chi connectivity index (χ3n) is 3.67. The molecule has 0 aliphatic carbocycles. The van der Waals surface area contributed by atoms with Gasteiger partial charge < -0.3 is 9.84 Å². The molecule has 0 radical (unpaired) electrons. The molecule has 3 aromatic rings. The summed E-state index contributed by atoms with van der Waals surface area (Å²) in [6.07, 6.45) is 1.39. The third kappa shape index (κ3) is 4.35. The van der Waals surface area contributed by atoms with Gasteiger partial charge in [-0.25, -0.2) is 5.43 Å². The molecule has 5 nitrogen and oxygen atoms in total. The molecule has 0 saturated heterocycles. The van der Waals surface area contributed by atoms with Crippen LogP contribution in [0, 0.1) is 6.92 Å². The molecule has 3 rings (SSSR count). The molecule has 0 aromatic heterocycles. The first-order chi connectivity index (χ1) is 12.1. The number of hydrogen-bond donors (Lipinski definition) is 2. The van der Waals surface area contributed by atoms with Crippen LogP contribution in [0.3, 0.4) is 0 Å². The highest BCUT2D eigenvalue weighted by Crippen LogP contribution is 2.20. The molecule has 0 spiro atoms. The van der Waals surface area contributed by atoms with Crippen LogP contribution in [0.4, 0.5) is 0 Å². The molecule has 126 valence electrons. The number of phenols is 1. The van der Waals surface area contributed by atoms with Crippen LogP contribution < -0.4 is 10.2 Å². The predicted molar refractivity (Wildman–Crippen MR) is 98.0 cm³/mol. The number of hydrazone groups is 1. The van der Waals surface area contributed by atoms with Gasteiger partial charge >= 0.3 is 0 Å². The Morgan fingerprint density at radius 3 is 2.72 bits per heavy atom. The molecule has 2 N–H and O–H groups in total. The smallest absolute Gasteiger partial charge is 0.277 e. The van der Waals surface area contributed by atoms with Crippen LogP contribution in [0.5, 0.6) is 11.5 Å². The summed E-state index contributed by atoms with van der Waals surface area (Å²) in [6, 6.07) is 18.8. The topological polar surface area (TPSA) is 70.9 Å². The number of nitrogens with zero attached hydrogens (tertiary/aromatic N) is 1. The SMILES string of the molecule is Cc1ccc(C=NNC(=O)COc2ccc3ccccc3c2)c(O)c1. The largest absolute Gasteiger partial charge is 0.507 e. The van der Waals surface area contributed by atoms with Crippen molar-refractivity contribution >= 4 is 22.9 Å². The zero-order chi connectivity index (χ0) is 17.6. The van der Waals surface area contributed by atoms with Gasteiger partial charge in [0.05, 0.1) is 6.21 Å². The molecular formula is C20H18N2O3. The van der Waals surface area contributed by atoms with Gasteiger partial charge in [-0.05, 0) is 47.5 Å². The second-order valence-electron chi connectivity index (χ2n) is 5.65. The zero-order valence-electron chi connectivity index (χ0n) is 13.8. The lowest BCUT2D eigenvalue weighted by molar-refractivity contribution is -0.123. The van der Waals surface area contributed by atoms with E-state index in [0.717, 1.165) is 16.3 Å². The molecule has 1 amide bonds. The van der Waals surface area contributed by atoms with Crippen molar-refractivity contribution in [3.8, 4) is 11.5 Å². The van der Waals surface area contributed by atoms with Crippen molar-refractivity contribution < 1.29 is 14.6 Å². The number of aromatic hydroxyl groups is 1. The highest BCUT2D eigenvalue weighted by atomic mass is 16.5. The summed E-state index contributed by atoms with van der Waals surface area (Å²) in [5.74, 6) is 0.357. The maximum absolute atomic E-state index is 11.8. The van der Waals surface area contributed by atoms with Crippen molar-refractivity contribution in [3.05, 3.63) is 71.8 Å². The molecule has 0 saturated carbocycles. The van der Waals surface area contributed by atoms with E-state index in [9.17, 15) is 9.90 Å². The molecule has 0 unspecified atom stereocenters. The molecule has 0 fully saturated rings. The van der Waals surface area contributed by atoms with Crippen LogP contribution in [0.15, 0.2) is 65.8 Å². The minimum atomic E-state index is -0.379. The molecule has 0 aliphatic rings. The molecule has 0 atom stereocenters. The Morgan fingerprint density at radius 2 is 1.92 bits per heavy atom. The van der Waals surface area contributed by atoms with Crippen LogP contribution in [-0.2, 0) is 4.79 Å². The monoisotopic (exact) mass is 334 g/mol. The Labute approximate surface area is 145 Å². The van der Waals surface area contributed by atoms with E-state index in [-0.39, 0.29) is 18.3 Å². The van der Waals surface area contributed by atoms with Crippen LogP contribution in [0.2, 0.25) is 0 Å². The van der Waals surface area contributed by atoms with Crippen molar-refractivity contribution in [3.63, 3.8) is 0 Å². The van der Waals surface area contributed by atoms with Gasteiger partial charge in [0, 0.05) is 5.56 Å². The highest BCUT2D eigenvalue weighted by Gasteiger charge is 2.03. The molecule has 3 aromatic carbocycles. The molecular weight excluding hydrogens is 316 g/mol. The normalized spacial score (nSPS) is 10.9. The summed E-state index contributed by atoms with van der Waals surface area (Å²) >= 11 is 0. The Balaban J connectivity index is 1.54. The Hall–Kier alpha value is -3.34. The Kier molecular flexibility index (Phi) is 4.95. The lowest BCUT2D eigenvalue weighted by Crippen LogP contribution is -2.24. The number of phenolic OH excluding ortho intramolecular Hbond substituents is 1. The first kappa shape index (κ1) is 16.5. The minimum absolute atomic E-state index is 0.116. The molecule has 0 aliphatic heterocycles. The summed E-state index contributed by atoms with van der Waals surface area (Å²) in [4.78, 5) is 11.8. The molecule has 0 bridgehead atoms. The number of amides is 1. The lowest BCUT2D eigenvalue weighted by atomic mass is 10.1. The maximum atomic E-state index is 11.8. The van der Waals surface area contributed by atoms with E-state index < -0.39 is 0 Å². The van der Waals surface area contributed by atoms with Crippen molar-refractivity contribution in [2.75, 3.05) is 6.61 Å². The highest BCUT2D eigenvalue weighted by molar-refractivity contribution is 5.86. The van der Waals surface area contributed by atoms with Gasteiger partial charge in [-0.3, -0.25) is 4.79 Å². The van der Waals surface area contributed by atoms with Crippen molar-refractivity contribution in [1.29, 1.82) is 0 Å². The van der Waals surface area contributed by atoms with E-state index in [4.69, 9.17) is 4.74 Å². The average molecular weight is 334 g/mol. The Bertz CT molecular complexity index is 935. The molecule has 5 heteroatoms. The van der Waals surface area contributed by atoms with Crippen molar-refractivity contribution in [2.45, 2.75) is 6.92 Å². The quantitative estimate of drug-likeness (QED) is 0.555. The lowest BCUT2D eigenvalue weighted by Gasteiger charge is -2.06. The summed E-state index contributed by atoms with van der Waals surface area (Å²) in [5.41, 5.74) is 3.85. The van der Waals surface area contributed by atoms with E-state index >= 15 is 0 Å². The number of nitrogens with one attached hydrogen (secondary N) is 1. The molecule has 25 heavy (non-hydrogen) atoms.